The molecule has 1 atom stereocenters. The summed E-state index contributed by atoms with van der Waals surface area (Å²) in [5, 5.41) is 7.10. The average Bonchev–Trinajstić information content (AvgIpc) is 3.22. The summed E-state index contributed by atoms with van der Waals surface area (Å²) in [6, 6.07) is 10.9. The number of anilines is 1. The van der Waals surface area contributed by atoms with Gasteiger partial charge in [0.15, 0.2) is 5.82 Å². The van der Waals surface area contributed by atoms with Gasteiger partial charge in [0.25, 0.3) is 0 Å². The van der Waals surface area contributed by atoms with Gasteiger partial charge in [-0.15, -0.1) is 0 Å². The van der Waals surface area contributed by atoms with Crippen LogP contribution in [0.5, 0.6) is 0 Å². The van der Waals surface area contributed by atoms with E-state index in [9.17, 15) is 4.79 Å². The molecule has 1 saturated heterocycles. The van der Waals surface area contributed by atoms with E-state index in [2.05, 4.69) is 83.3 Å². The Balaban J connectivity index is 1.32. The van der Waals surface area contributed by atoms with E-state index in [-0.39, 0.29) is 11.3 Å². The molecular formula is C23H35N5O2. The van der Waals surface area contributed by atoms with E-state index >= 15 is 0 Å². The molecule has 7 heteroatoms. The second-order valence-electron chi connectivity index (χ2n) is 9.13. The zero-order valence-corrected chi connectivity index (χ0v) is 18.7. The molecule has 0 aliphatic carbocycles. The van der Waals surface area contributed by atoms with Gasteiger partial charge >= 0.3 is 0 Å². The molecule has 1 aliphatic heterocycles. The van der Waals surface area contributed by atoms with Gasteiger partial charge in [-0.3, -0.25) is 9.69 Å². The number of amides is 1. The van der Waals surface area contributed by atoms with Crippen molar-refractivity contribution in [3.63, 3.8) is 0 Å². The van der Waals surface area contributed by atoms with Crippen molar-refractivity contribution in [1.29, 1.82) is 0 Å². The molecule has 1 unspecified atom stereocenters. The van der Waals surface area contributed by atoms with Crippen LogP contribution in [0.2, 0.25) is 0 Å². The number of aromatic nitrogens is 2. The van der Waals surface area contributed by atoms with Crippen LogP contribution in [0.25, 0.3) is 0 Å². The SMILES string of the molecule is CC(CNC(=O)CCCc1nc(C(C)(C)C)no1)N1CCN(c2ccccc2)CC1. The van der Waals surface area contributed by atoms with Gasteiger partial charge in [-0.2, -0.15) is 4.98 Å². The normalized spacial score (nSPS) is 16.5. The minimum atomic E-state index is -0.123. The summed E-state index contributed by atoms with van der Waals surface area (Å²) in [7, 11) is 0. The van der Waals surface area contributed by atoms with Crippen LogP contribution in [0.4, 0.5) is 5.69 Å². The molecule has 1 aliphatic rings. The second kappa shape index (κ2) is 10.1. The summed E-state index contributed by atoms with van der Waals surface area (Å²) in [5.74, 6) is 1.40. The van der Waals surface area contributed by atoms with Gasteiger partial charge in [0, 0.05) is 62.7 Å². The Labute approximate surface area is 179 Å². The smallest absolute Gasteiger partial charge is 0.226 e. The average molecular weight is 414 g/mol. The fraction of sp³-hybridized carbons (Fsp3) is 0.609. The van der Waals surface area contributed by atoms with Crippen LogP contribution in [0.1, 0.15) is 52.3 Å². The van der Waals surface area contributed by atoms with Crippen LogP contribution in [-0.4, -0.2) is 59.7 Å². The predicted molar refractivity (Wildman–Crippen MR) is 119 cm³/mol. The molecule has 2 aromatic rings. The van der Waals surface area contributed by atoms with Crippen LogP contribution in [-0.2, 0) is 16.6 Å². The lowest BCUT2D eigenvalue weighted by Gasteiger charge is -2.39. The summed E-state index contributed by atoms with van der Waals surface area (Å²) in [6.07, 6.45) is 1.82. The molecular weight excluding hydrogens is 378 g/mol. The van der Waals surface area contributed by atoms with Crippen molar-refractivity contribution in [2.75, 3.05) is 37.6 Å². The monoisotopic (exact) mass is 413 g/mol. The summed E-state index contributed by atoms with van der Waals surface area (Å²) >= 11 is 0. The number of carbonyl (C=O) groups excluding carboxylic acids is 1. The molecule has 164 valence electrons. The van der Waals surface area contributed by atoms with Crippen molar-refractivity contribution < 1.29 is 9.32 Å². The Morgan fingerprint density at radius 1 is 1.17 bits per heavy atom. The van der Waals surface area contributed by atoms with Crippen LogP contribution in [0.3, 0.4) is 0 Å². The van der Waals surface area contributed by atoms with Gasteiger partial charge in [0.2, 0.25) is 11.8 Å². The quantitative estimate of drug-likeness (QED) is 0.717. The lowest BCUT2D eigenvalue weighted by molar-refractivity contribution is -0.121. The second-order valence-corrected chi connectivity index (χ2v) is 9.13. The van der Waals surface area contributed by atoms with E-state index in [1.54, 1.807) is 0 Å². The van der Waals surface area contributed by atoms with Gasteiger partial charge in [0.1, 0.15) is 0 Å². The molecule has 1 fully saturated rings. The third kappa shape index (κ3) is 6.29. The number of aryl methyl sites for hydroxylation is 1. The molecule has 1 aromatic carbocycles. The number of nitrogens with zero attached hydrogens (tertiary/aromatic N) is 4. The molecule has 0 bridgehead atoms. The first-order chi connectivity index (χ1) is 14.3. The van der Waals surface area contributed by atoms with Crippen LogP contribution in [0.15, 0.2) is 34.9 Å². The molecule has 1 aromatic heterocycles. The minimum Gasteiger partial charge on any atom is -0.369 e. The Morgan fingerprint density at radius 3 is 2.50 bits per heavy atom. The van der Waals surface area contributed by atoms with Crippen molar-refractivity contribution in [2.45, 2.75) is 58.4 Å². The maximum atomic E-state index is 12.2. The lowest BCUT2D eigenvalue weighted by atomic mass is 9.96. The Morgan fingerprint density at radius 2 is 1.87 bits per heavy atom. The van der Waals surface area contributed by atoms with Gasteiger partial charge in [-0.1, -0.05) is 44.1 Å². The van der Waals surface area contributed by atoms with Gasteiger partial charge < -0.3 is 14.7 Å². The summed E-state index contributed by atoms with van der Waals surface area (Å²) < 4.78 is 5.29. The standard InChI is InChI=1S/C23H35N5O2/c1-18(27-13-15-28(16-14-27)19-9-6-5-7-10-19)17-24-20(29)11-8-12-21-25-22(26-30-21)23(2,3)4/h5-7,9-10,18H,8,11-17H2,1-4H3,(H,24,29). The largest absolute Gasteiger partial charge is 0.369 e. The lowest BCUT2D eigenvalue weighted by Crippen LogP contribution is -2.52. The van der Waals surface area contributed by atoms with Crippen LogP contribution < -0.4 is 10.2 Å². The molecule has 1 N–H and O–H groups in total. The van der Waals surface area contributed by atoms with E-state index in [0.717, 1.165) is 26.2 Å². The molecule has 30 heavy (non-hydrogen) atoms. The number of rotatable bonds is 8. The Kier molecular flexibility index (Phi) is 7.48. The van der Waals surface area contributed by atoms with Gasteiger partial charge in [-0.25, -0.2) is 0 Å². The fourth-order valence-corrected chi connectivity index (χ4v) is 3.60. The number of piperazine rings is 1. The van der Waals surface area contributed by atoms with E-state index in [1.807, 2.05) is 0 Å². The zero-order valence-electron chi connectivity index (χ0n) is 18.7. The summed E-state index contributed by atoms with van der Waals surface area (Å²) in [6.45, 7) is 13.1. The van der Waals surface area contributed by atoms with Crippen LogP contribution in [0, 0.1) is 0 Å². The summed E-state index contributed by atoms with van der Waals surface area (Å²) in [4.78, 5) is 21.5. The highest BCUT2D eigenvalue weighted by Crippen LogP contribution is 2.19. The molecule has 3 rings (SSSR count). The third-order valence-electron chi connectivity index (χ3n) is 5.59. The first kappa shape index (κ1) is 22.3. The van der Waals surface area contributed by atoms with Crippen molar-refractivity contribution in [3.05, 3.63) is 42.0 Å². The van der Waals surface area contributed by atoms with Crippen molar-refractivity contribution in [1.82, 2.24) is 20.4 Å². The predicted octanol–water partition coefficient (Wildman–Crippen LogP) is 3.02. The Bertz CT molecular complexity index is 791. The number of hydrogen-bond donors (Lipinski definition) is 1. The first-order valence-electron chi connectivity index (χ1n) is 11.0. The van der Waals surface area contributed by atoms with E-state index in [4.69, 9.17) is 4.52 Å². The van der Waals surface area contributed by atoms with E-state index < -0.39 is 0 Å². The summed E-state index contributed by atoms with van der Waals surface area (Å²) in [5.41, 5.74) is 1.16. The number of nitrogens with one attached hydrogen (secondary N) is 1. The molecule has 0 saturated carbocycles. The van der Waals surface area contributed by atoms with Crippen molar-refractivity contribution >= 4 is 11.6 Å². The zero-order chi connectivity index (χ0) is 21.6. The molecule has 0 spiro atoms. The number of para-hydroxylation sites is 1. The highest BCUT2D eigenvalue weighted by atomic mass is 16.5. The highest BCUT2D eigenvalue weighted by molar-refractivity contribution is 5.75. The fourth-order valence-electron chi connectivity index (χ4n) is 3.60. The maximum Gasteiger partial charge on any atom is 0.226 e. The van der Waals surface area contributed by atoms with E-state index in [1.165, 1.54) is 5.69 Å². The molecule has 2 heterocycles. The van der Waals surface area contributed by atoms with Gasteiger partial charge in [-0.05, 0) is 25.5 Å². The van der Waals surface area contributed by atoms with Crippen molar-refractivity contribution in [2.24, 2.45) is 0 Å². The first-order valence-corrected chi connectivity index (χ1v) is 11.0. The molecule has 0 radical (unpaired) electrons. The number of benzene rings is 1. The third-order valence-corrected chi connectivity index (χ3v) is 5.59. The van der Waals surface area contributed by atoms with Gasteiger partial charge in [0.05, 0.1) is 0 Å². The van der Waals surface area contributed by atoms with E-state index in [0.29, 0.717) is 43.6 Å². The number of hydrogen-bond acceptors (Lipinski definition) is 6. The highest BCUT2D eigenvalue weighted by Gasteiger charge is 2.22. The number of carbonyl (C=O) groups is 1. The minimum absolute atomic E-state index is 0.0836. The molecule has 7 nitrogen and oxygen atoms in total. The Hall–Kier alpha value is -2.41. The van der Waals surface area contributed by atoms with Crippen molar-refractivity contribution in [3.8, 4) is 0 Å². The maximum absolute atomic E-state index is 12.2. The topological polar surface area (TPSA) is 74.5 Å². The molecule has 1 amide bonds. The van der Waals surface area contributed by atoms with Crippen LogP contribution >= 0.6 is 0 Å².